The molecule has 2 aromatic rings. The van der Waals surface area contributed by atoms with Crippen LogP contribution in [-0.2, 0) is 0 Å². The molecule has 1 atom stereocenters. The van der Waals surface area contributed by atoms with Crippen LogP contribution in [0.4, 0.5) is 0 Å². The third-order valence-electron chi connectivity index (χ3n) is 2.72. The maximum atomic E-state index is 10.1. The molecule has 0 spiro atoms. The second-order valence-electron chi connectivity index (χ2n) is 4.25. The summed E-state index contributed by atoms with van der Waals surface area (Å²) in [5, 5.41) is 12.4. The first kappa shape index (κ1) is 10.9. The number of hydrogen-bond donors (Lipinski definition) is 1. The van der Waals surface area contributed by atoms with Gasteiger partial charge in [0.2, 0.25) is 0 Å². The molecule has 0 radical (unpaired) electrons. The van der Waals surface area contributed by atoms with Crippen LogP contribution in [0.25, 0.3) is 10.8 Å². The van der Waals surface area contributed by atoms with Gasteiger partial charge in [0.25, 0.3) is 0 Å². The van der Waals surface area contributed by atoms with E-state index in [9.17, 15) is 5.11 Å². The topological polar surface area (TPSA) is 20.2 Å². The zero-order valence-electron chi connectivity index (χ0n) is 9.48. The molecule has 16 heavy (non-hydrogen) atoms. The van der Waals surface area contributed by atoms with Gasteiger partial charge in [0.15, 0.2) is 0 Å². The van der Waals surface area contributed by atoms with Crippen molar-refractivity contribution in [1.29, 1.82) is 0 Å². The standard InChI is InChI=1S/C15H16O/c1-11(2)10-15(16)14-9-5-7-12-6-3-4-8-13(12)14/h3-9,15-16H,1,10H2,2H3/t15-/m1/s1. The molecule has 1 nitrogen and oxygen atoms in total. The Labute approximate surface area is 96.0 Å². The molecule has 0 bridgehead atoms. The molecule has 0 aromatic heterocycles. The Kier molecular flexibility index (Phi) is 3.07. The Morgan fingerprint density at radius 2 is 1.88 bits per heavy atom. The molecule has 0 heterocycles. The zero-order chi connectivity index (χ0) is 11.5. The van der Waals surface area contributed by atoms with Crippen molar-refractivity contribution in [3.05, 3.63) is 60.2 Å². The second-order valence-corrected chi connectivity index (χ2v) is 4.25. The normalized spacial score (nSPS) is 12.6. The third-order valence-corrected chi connectivity index (χ3v) is 2.72. The van der Waals surface area contributed by atoms with Crippen molar-refractivity contribution in [2.75, 3.05) is 0 Å². The van der Waals surface area contributed by atoms with Crippen LogP contribution in [-0.4, -0.2) is 5.11 Å². The van der Waals surface area contributed by atoms with Crippen molar-refractivity contribution in [1.82, 2.24) is 0 Å². The van der Waals surface area contributed by atoms with Gasteiger partial charge in [-0.2, -0.15) is 0 Å². The molecule has 0 fully saturated rings. The summed E-state index contributed by atoms with van der Waals surface area (Å²) >= 11 is 0. The molecule has 2 aromatic carbocycles. The predicted octanol–water partition coefficient (Wildman–Crippen LogP) is 3.84. The fourth-order valence-corrected chi connectivity index (χ4v) is 1.98. The Bertz CT molecular complexity index is 508. The van der Waals surface area contributed by atoms with Crippen LogP contribution in [0.3, 0.4) is 0 Å². The van der Waals surface area contributed by atoms with E-state index in [0.29, 0.717) is 6.42 Å². The molecule has 1 N–H and O–H groups in total. The molecule has 82 valence electrons. The lowest BCUT2D eigenvalue weighted by atomic mass is 9.97. The predicted molar refractivity (Wildman–Crippen MR) is 68.3 cm³/mol. The quantitative estimate of drug-likeness (QED) is 0.766. The van der Waals surface area contributed by atoms with E-state index in [1.165, 1.54) is 5.39 Å². The maximum absolute atomic E-state index is 10.1. The summed E-state index contributed by atoms with van der Waals surface area (Å²) < 4.78 is 0. The van der Waals surface area contributed by atoms with Gasteiger partial charge in [0.05, 0.1) is 6.10 Å². The maximum Gasteiger partial charge on any atom is 0.0832 e. The zero-order valence-corrected chi connectivity index (χ0v) is 9.48. The van der Waals surface area contributed by atoms with E-state index >= 15 is 0 Å². The lowest BCUT2D eigenvalue weighted by Crippen LogP contribution is -1.98. The SMILES string of the molecule is C=C(C)C[C@@H](O)c1cccc2ccccc12. The van der Waals surface area contributed by atoms with Crippen molar-refractivity contribution < 1.29 is 5.11 Å². The average Bonchev–Trinajstić information content (AvgIpc) is 2.27. The van der Waals surface area contributed by atoms with E-state index in [2.05, 4.69) is 18.7 Å². The largest absolute Gasteiger partial charge is 0.388 e. The first-order valence-corrected chi connectivity index (χ1v) is 5.48. The van der Waals surface area contributed by atoms with Gasteiger partial charge in [-0.1, -0.05) is 48.0 Å². The van der Waals surface area contributed by atoms with Gasteiger partial charge in [-0.3, -0.25) is 0 Å². The van der Waals surface area contributed by atoms with Crippen LogP contribution in [0.5, 0.6) is 0 Å². The van der Waals surface area contributed by atoms with Crippen LogP contribution >= 0.6 is 0 Å². The molecule has 0 aliphatic rings. The average molecular weight is 212 g/mol. The van der Waals surface area contributed by atoms with Gasteiger partial charge >= 0.3 is 0 Å². The highest BCUT2D eigenvalue weighted by Gasteiger charge is 2.10. The van der Waals surface area contributed by atoms with Gasteiger partial charge in [0.1, 0.15) is 0 Å². The van der Waals surface area contributed by atoms with Crippen molar-refractivity contribution in [3.8, 4) is 0 Å². The number of hydrogen-bond acceptors (Lipinski definition) is 1. The summed E-state index contributed by atoms with van der Waals surface area (Å²) in [5.74, 6) is 0. The third kappa shape index (κ3) is 2.15. The van der Waals surface area contributed by atoms with Gasteiger partial charge < -0.3 is 5.11 Å². The second kappa shape index (κ2) is 4.50. The van der Waals surface area contributed by atoms with Crippen molar-refractivity contribution in [2.24, 2.45) is 0 Å². The first-order valence-electron chi connectivity index (χ1n) is 5.48. The molecule has 0 amide bonds. The van der Waals surface area contributed by atoms with E-state index in [0.717, 1.165) is 16.5 Å². The summed E-state index contributed by atoms with van der Waals surface area (Å²) in [6, 6.07) is 14.1. The smallest absolute Gasteiger partial charge is 0.0832 e. The summed E-state index contributed by atoms with van der Waals surface area (Å²) in [7, 11) is 0. The number of fused-ring (bicyclic) bond motifs is 1. The van der Waals surface area contributed by atoms with Gasteiger partial charge in [-0.15, -0.1) is 6.58 Å². The minimum Gasteiger partial charge on any atom is -0.388 e. The van der Waals surface area contributed by atoms with E-state index in [-0.39, 0.29) is 0 Å². The van der Waals surface area contributed by atoms with E-state index in [1.54, 1.807) is 0 Å². The lowest BCUT2D eigenvalue weighted by Gasteiger charge is -2.13. The van der Waals surface area contributed by atoms with Crippen LogP contribution < -0.4 is 0 Å². The molecular formula is C15H16O. The van der Waals surface area contributed by atoms with Gasteiger partial charge in [0, 0.05) is 0 Å². The summed E-state index contributed by atoms with van der Waals surface area (Å²) in [4.78, 5) is 0. The molecule has 0 unspecified atom stereocenters. The fourth-order valence-electron chi connectivity index (χ4n) is 1.98. The van der Waals surface area contributed by atoms with E-state index in [4.69, 9.17) is 0 Å². The summed E-state index contributed by atoms with van der Waals surface area (Å²) in [6.45, 7) is 5.78. The highest BCUT2D eigenvalue weighted by Crippen LogP contribution is 2.27. The Hall–Kier alpha value is -1.60. The number of aliphatic hydroxyl groups is 1. The monoisotopic (exact) mass is 212 g/mol. The number of benzene rings is 2. The number of rotatable bonds is 3. The molecule has 0 aliphatic carbocycles. The molecule has 2 rings (SSSR count). The lowest BCUT2D eigenvalue weighted by molar-refractivity contribution is 0.180. The highest BCUT2D eigenvalue weighted by molar-refractivity contribution is 5.85. The molecule has 0 aliphatic heterocycles. The van der Waals surface area contributed by atoms with Crippen LogP contribution in [0.1, 0.15) is 25.0 Å². The van der Waals surface area contributed by atoms with Crippen molar-refractivity contribution >= 4 is 10.8 Å². The first-order chi connectivity index (χ1) is 7.68. The Morgan fingerprint density at radius 1 is 1.19 bits per heavy atom. The van der Waals surface area contributed by atoms with Crippen LogP contribution in [0.2, 0.25) is 0 Å². The van der Waals surface area contributed by atoms with Crippen LogP contribution in [0, 0.1) is 0 Å². The molecule has 0 saturated carbocycles. The molecule has 1 heteroatoms. The minimum atomic E-state index is -0.455. The number of aliphatic hydroxyl groups excluding tert-OH is 1. The van der Waals surface area contributed by atoms with E-state index < -0.39 is 6.10 Å². The molecule has 0 saturated heterocycles. The van der Waals surface area contributed by atoms with Crippen molar-refractivity contribution in [2.45, 2.75) is 19.4 Å². The Morgan fingerprint density at radius 3 is 2.62 bits per heavy atom. The van der Waals surface area contributed by atoms with Crippen LogP contribution in [0.15, 0.2) is 54.6 Å². The minimum absolute atomic E-state index is 0.455. The van der Waals surface area contributed by atoms with E-state index in [1.807, 2.05) is 37.3 Å². The summed E-state index contributed by atoms with van der Waals surface area (Å²) in [6.07, 6.45) is 0.164. The van der Waals surface area contributed by atoms with Crippen molar-refractivity contribution in [3.63, 3.8) is 0 Å². The van der Waals surface area contributed by atoms with Gasteiger partial charge in [-0.05, 0) is 29.7 Å². The van der Waals surface area contributed by atoms with Gasteiger partial charge in [-0.25, -0.2) is 0 Å². The summed E-state index contributed by atoms with van der Waals surface area (Å²) in [5.41, 5.74) is 1.99. The highest BCUT2D eigenvalue weighted by atomic mass is 16.3. The fraction of sp³-hybridized carbons (Fsp3) is 0.200. The Balaban J connectivity index is 2.47. The molecular weight excluding hydrogens is 196 g/mol.